The van der Waals surface area contributed by atoms with Gasteiger partial charge in [0.1, 0.15) is 6.10 Å². The first-order chi connectivity index (χ1) is 14.5. The Hall–Kier alpha value is -2.17. The molecule has 1 aliphatic heterocycles. The summed E-state index contributed by atoms with van der Waals surface area (Å²) >= 11 is 9.52. The molecular weight excluding hydrogens is 500 g/mol. The fourth-order valence-electron chi connectivity index (χ4n) is 3.17. The summed E-state index contributed by atoms with van der Waals surface area (Å²) in [6, 6.07) is 4.97. The zero-order valence-electron chi connectivity index (χ0n) is 17.3. The largest absolute Gasteiger partial charge is 0.455 e. The molecule has 31 heavy (non-hydrogen) atoms. The Kier molecular flexibility index (Phi) is 8.84. The van der Waals surface area contributed by atoms with E-state index in [-0.39, 0.29) is 0 Å². The van der Waals surface area contributed by atoms with E-state index in [2.05, 4.69) is 15.9 Å². The van der Waals surface area contributed by atoms with Gasteiger partial charge in [-0.1, -0.05) is 39.7 Å². The molecule has 0 aliphatic carbocycles. The average Bonchev–Trinajstić information content (AvgIpc) is 2.65. The van der Waals surface area contributed by atoms with Crippen LogP contribution in [0.2, 0.25) is 5.02 Å². The Balaban J connectivity index is 2.60. The monoisotopic (exact) mass is 520 g/mol. The van der Waals surface area contributed by atoms with Gasteiger partial charge in [-0.3, -0.25) is 19.2 Å². The van der Waals surface area contributed by atoms with Crippen molar-refractivity contribution in [1.29, 1.82) is 0 Å². The quantitative estimate of drug-likeness (QED) is 0.316. The van der Waals surface area contributed by atoms with Gasteiger partial charge in [-0.25, -0.2) is 0 Å². The first-order valence-electron chi connectivity index (χ1n) is 9.22. The molecule has 1 fully saturated rings. The fourth-order valence-corrected chi connectivity index (χ4v) is 3.98. The van der Waals surface area contributed by atoms with Crippen molar-refractivity contribution in [3.8, 4) is 0 Å². The van der Waals surface area contributed by atoms with Crippen molar-refractivity contribution in [3.05, 3.63) is 34.3 Å². The van der Waals surface area contributed by atoms with Gasteiger partial charge >= 0.3 is 23.9 Å². The first-order valence-corrected chi connectivity index (χ1v) is 10.7. The molecule has 1 saturated heterocycles. The molecule has 1 heterocycles. The van der Waals surface area contributed by atoms with Crippen LogP contribution < -0.4 is 0 Å². The van der Waals surface area contributed by atoms with E-state index in [4.69, 9.17) is 35.3 Å². The van der Waals surface area contributed by atoms with E-state index in [0.717, 1.165) is 26.3 Å². The van der Waals surface area contributed by atoms with Crippen LogP contribution in [0.25, 0.3) is 0 Å². The summed E-state index contributed by atoms with van der Waals surface area (Å²) in [6.45, 7) is 4.59. The van der Waals surface area contributed by atoms with Crippen LogP contribution in [0.5, 0.6) is 0 Å². The van der Waals surface area contributed by atoms with E-state index in [1.54, 1.807) is 18.2 Å². The van der Waals surface area contributed by atoms with Gasteiger partial charge < -0.3 is 23.7 Å². The maximum atomic E-state index is 11.8. The summed E-state index contributed by atoms with van der Waals surface area (Å²) in [7, 11) is 0. The maximum absolute atomic E-state index is 11.8. The van der Waals surface area contributed by atoms with Gasteiger partial charge in [-0.2, -0.15) is 0 Å². The third-order valence-corrected chi connectivity index (χ3v) is 5.20. The summed E-state index contributed by atoms with van der Waals surface area (Å²) in [6.07, 6.45) is -6.34. The number of carbonyl (C=O) groups is 4. The van der Waals surface area contributed by atoms with E-state index in [1.165, 1.54) is 6.92 Å². The van der Waals surface area contributed by atoms with Crippen LogP contribution in [0, 0.1) is 0 Å². The first kappa shape index (κ1) is 25.1. The van der Waals surface area contributed by atoms with Crippen LogP contribution in [0.4, 0.5) is 0 Å². The van der Waals surface area contributed by atoms with Crippen LogP contribution >= 0.6 is 27.5 Å². The van der Waals surface area contributed by atoms with Crippen molar-refractivity contribution in [2.75, 3.05) is 0 Å². The van der Waals surface area contributed by atoms with Gasteiger partial charge in [0.25, 0.3) is 0 Å². The summed E-state index contributed by atoms with van der Waals surface area (Å²) in [5.41, 5.74) is 1.24. The Morgan fingerprint density at radius 1 is 0.871 bits per heavy atom. The molecule has 5 atom stereocenters. The second-order valence-electron chi connectivity index (χ2n) is 6.74. The summed E-state index contributed by atoms with van der Waals surface area (Å²) in [4.78, 5) is 47.0. The van der Waals surface area contributed by atoms with E-state index >= 15 is 0 Å². The summed E-state index contributed by atoms with van der Waals surface area (Å²) < 4.78 is 27.1. The number of carbonyl (C=O) groups excluding carboxylic acids is 4. The second kappa shape index (κ2) is 10.9. The molecule has 11 heteroatoms. The number of esters is 4. The van der Waals surface area contributed by atoms with E-state index in [9.17, 15) is 19.2 Å². The van der Waals surface area contributed by atoms with Crippen molar-refractivity contribution in [1.82, 2.24) is 0 Å². The minimum Gasteiger partial charge on any atom is -0.455 e. The van der Waals surface area contributed by atoms with E-state index < -0.39 is 54.6 Å². The summed E-state index contributed by atoms with van der Waals surface area (Å²) in [5, 5.41) is 0.924. The van der Waals surface area contributed by atoms with Gasteiger partial charge in [0.2, 0.25) is 12.4 Å². The zero-order valence-corrected chi connectivity index (χ0v) is 19.6. The van der Waals surface area contributed by atoms with Crippen molar-refractivity contribution in [2.45, 2.75) is 63.7 Å². The smallest absolute Gasteiger partial charge is 0.305 e. The molecular formula is C20H22BrClO9. The molecule has 9 nitrogen and oxygen atoms in total. The normalized spacial score (nSPS) is 25.3. The van der Waals surface area contributed by atoms with Crippen LogP contribution in [0.1, 0.15) is 44.9 Å². The number of ether oxygens (including phenoxy) is 5. The minimum atomic E-state index is -1.43. The zero-order chi connectivity index (χ0) is 23.3. The van der Waals surface area contributed by atoms with Gasteiger partial charge in [-0.15, -0.1) is 0 Å². The molecule has 0 N–H and O–H groups in total. The van der Waals surface area contributed by atoms with Crippen molar-refractivity contribution >= 4 is 51.4 Å². The molecule has 2 rings (SSSR count). The predicted molar refractivity (Wildman–Crippen MR) is 110 cm³/mol. The third-order valence-electron chi connectivity index (χ3n) is 4.23. The van der Waals surface area contributed by atoms with Crippen LogP contribution in [0.3, 0.4) is 0 Å². The predicted octanol–water partition coefficient (Wildman–Crippen LogP) is 2.99. The molecule has 2 unspecified atom stereocenters. The lowest BCUT2D eigenvalue weighted by Gasteiger charge is -2.44. The molecule has 0 amide bonds. The molecule has 0 radical (unpaired) electrons. The molecule has 0 spiro atoms. The standard InChI is InChI=1S/C20H22BrClO9/c1-9(23)27-17-16(13-5-6-15(22)14(7-13)8-21)31-20(30-12(4)26)19(29-11(3)25)18(17)28-10(2)24/h5-7,16-20H,8H2,1-4H3/t16-,17-,18+,19?,20?/m0/s1. The number of benzene rings is 1. The number of rotatable bonds is 6. The number of alkyl halides is 1. The van der Waals surface area contributed by atoms with Crippen LogP contribution in [-0.2, 0) is 48.2 Å². The molecule has 170 valence electrons. The van der Waals surface area contributed by atoms with Crippen molar-refractivity contribution in [3.63, 3.8) is 0 Å². The lowest BCUT2D eigenvalue weighted by Crippen LogP contribution is -2.59. The lowest BCUT2D eigenvalue weighted by atomic mass is 9.92. The van der Waals surface area contributed by atoms with Crippen LogP contribution in [0.15, 0.2) is 18.2 Å². The van der Waals surface area contributed by atoms with Crippen molar-refractivity contribution < 1.29 is 42.9 Å². The van der Waals surface area contributed by atoms with Gasteiger partial charge in [0.15, 0.2) is 12.2 Å². The Bertz CT molecular complexity index is 859. The van der Waals surface area contributed by atoms with E-state index in [0.29, 0.717) is 15.9 Å². The maximum Gasteiger partial charge on any atom is 0.305 e. The minimum absolute atomic E-state index is 0.432. The molecule has 0 saturated carbocycles. The Morgan fingerprint density at radius 2 is 1.39 bits per heavy atom. The highest BCUT2D eigenvalue weighted by molar-refractivity contribution is 9.08. The second-order valence-corrected chi connectivity index (χ2v) is 7.71. The van der Waals surface area contributed by atoms with Gasteiger partial charge in [0.05, 0.1) is 0 Å². The molecule has 0 aromatic heterocycles. The highest BCUT2D eigenvalue weighted by Gasteiger charge is 2.53. The molecule has 0 bridgehead atoms. The Morgan fingerprint density at radius 3 is 1.90 bits per heavy atom. The highest BCUT2D eigenvalue weighted by Crippen LogP contribution is 2.39. The SMILES string of the molecule is CC(=O)OC1O[C@@H](c2ccc(Cl)c(CBr)c2)[C@H](OC(C)=O)[C@@H](OC(C)=O)C1OC(C)=O. The third kappa shape index (κ3) is 6.65. The average molecular weight is 522 g/mol. The number of halogens is 2. The lowest BCUT2D eigenvalue weighted by molar-refractivity contribution is -0.298. The van der Waals surface area contributed by atoms with Gasteiger partial charge in [0, 0.05) is 38.0 Å². The highest BCUT2D eigenvalue weighted by atomic mass is 79.9. The Labute approximate surface area is 192 Å². The molecule has 1 aromatic rings. The van der Waals surface area contributed by atoms with Crippen molar-refractivity contribution in [2.24, 2.45) is 0 Å². The van der Waals surface area contributed by atoms with Gasteiger partial charge in [-0.05, 0) is 17.2 Å². The van der Waals surface area contributed by atoms with Crippen LogP contribution in [-0.4, -0.2) is 48.5 Å². The van der Waals surface area contributed by atoms with E-state index in [1.807, 2.05) is 0 Å². The summed E-state index contributed by atoms with van der Waals surface area (Å²) in [5.74, 6) is -2.86. The number of hydrogen-bond donors (Lipinski definition) is 0. The molecule has 1 aromatic carbocycles. The topological polar surface area (TPSA) is 114 Å². The fraction of sp³-hybridized carbons (Fsp3) is 0.500. The number of hydrogen-bond acceptors (Lipinski definition) is 9. The molecule has 1 aliphatic rings.